The van der Waals surface area contributed by atoms with E-state index in [0.29, 0.717) is 13.0 Å². The molecule has 0 aliphatic rings. The third-order valence-corrected chi connectivity index (χ3v) is 4.49. The fraction of sp³-hybridized carbons (Fsp3) is 0.889. The van der Waals surface area contributed by atoms with Gasteiger partial charge in [0.05, 0.1) is 16.9 Å². The molecule has 0 fully saturated rings. The molecular weight excluding hydrogens is 200 g/mol. The van der Waals surface area contributed by atoms with Crippen LogP contribution < -0.4 is 5.32 Å². The van der Waals surface area contributed by atoms with E-state index in [-0.39, 0.29) is 6.04 Å². The molecule has 4 nitrogen and oxygen atoms in total. The highest BCUT2D eigenvalue weighted by Gasteiger charge is 2.30. The van der Waals surface area contributed by atoms with Gasteiger partial charge in [0.1, 0.15) is 0 Å². The van der Waals surface area contributed by atoms with E-state index < -0.39 is 14.6 Å². The SMILES string of the molecule is CCC(C#N)NCC(C)(C)S(C)(=O)=O. The Balaban J connectivity index is 4.35. The summed E-state index contributed by atoms with van der Waals surface area (Å²) in [6, 6.07) is 1.80. The monoisotopic (exact) mass is 218 g/mol. The van der Waals surface area contributed by atoms with E-state index in [2.05, 4.69) is 11.4 Å². The fourth-order valence-corrected chi connectivity index (χ4v) is 1.13. The second-order valence-electron chi connectivity index (χ2n) is 4.00. The summed E-state index contributed by atoms with van der Waals surface area (Å²) in [6.45, 7) is 5.49. The quantitative estimate of drug-likeness (QED) is 0.737. The van der Waals surface area contributed by atoms with Crippen molar-refractivity contribution >= 4 is 9.84 Å². The minimum absolute atomic E-state index is 0.268. The van der Waals surface area contributed by atoms with Crippen molar-refractivity contribution in [3.05, 3.63) is 0 Å². The van der Waals surface area contributed by atoms with Crippen LogP contribution in [-0.4, -0.2) is 32.0 Å². The zero-order chi connectivity index (χ0) is 11.4. The molecule has 1 N–H and O–H groups in total. The van der Waals surface area contributed by atoms with Crippen LogP contribution >= 0.6 is 0 Å². The van der Waals surface area contributed by atoms with Crippen molar-refractivity contribution in [2.75, 3.05) is 12.8 Å². The maximum atomic E-state index is 11.3. The molecule has 0 rings (SSSR count). The number of rotatable bonds is 5. The first-order valence-corrected chi connectivity index (χ1v) is 6.46. The summed E-state index contributed by atoms with van der Waals surface area (Å²) in [5.74, 6) is 0. The predicted molar refractivity (Wildman–Crippen MR) is 56.6 cm³/mol. The molecule has 0 aromatic heterocycles. The zero-order valence-electron chi connectivity index (χ0n) is 9.16. The second kappa shape index (κ2) is 4.76. The minimum Gasteiger partial charge on any atom is -0.300 e. The molecular formula is C9H18N2O2S. The molecule has 0 heterocycles. The molecule has 0 aromatic carbocycles. The average molecular weight is 218 g/mol. The van der Waals surface area contributed by atoms with E-state index in [1.54, 1.807) is 13.8 Å². The lowest BCUT2D eigenvalue weighted by molar-refractivity contribution is 0.496. The maximum absolute atomic E-state index is 11.3. The Labute approximate surface area is 86.2 Å². The summed E-state index contributed by atoms with van der Waals surface area (Å²) in [5, 5.41) is 11.6. The van der Waals surface area contributed by atoms with Gasteiger partial charge < -0.3 is 5.32 Å². The summed E-state index contributed by atoms with van der Waals surface area (Å²) >= 11 is 0. The molecule has 0 bridgehead atoms. The first-order chi connectivity index (χ1) is 6.24. The molecule has 0 radical (unpaired) electrons. The van der Waals surface area contributed by atoms with Crippen LogP contribution in [0.3, 0.4) is 0 Å². The van der Waals surface area contributed by atoms with E-state index in [1.165, 1.54) is 6.26 Å². The van der Waals surface area contributed by atoms with E-state index >= 15 is 0 Å². The fourth-order valence-electron chi connectivity index (χ4n) is 0.781. The van der Waals surface area contributed by atoms with Crippen molar-refractivity contribution in [2.45, 2.75) is 38.0 Å². The number of hydrogen-bond acceptors (Lipinski definition) is 4. The molecule has 0 saturated carbocycles. The second-order valence-corrected chi connectivity index (χ2v) is 6.65. The molecule has 0 spiro atoms. The lowest BCUT2D eigenvalue weighted by Gasteiger charge is -2.24. The Kier molecular flexibility index (Phi) is 4.56. The van der Waals surface area contributed by atoms with Crippen LogP contribution in [0, 0.1) is 11.3 Å². The van der Waals surface area contributed by atoms with Gasteiger partial charge >= 0.3 is 0 Å². The molecule has 0 aliphatic carbocycles. The number of nitrogens with one attached hydrogen (secondary N) is 1. The Morgan fingerprint density at radius 1 is 1.50 bits per heavy atom. The summed E-state index contributed by atoms with van der Waals surface area (Å²) in [7, 11) is -3.09. The van der Waals surface area contributed by atoms with Crippen LogP contribution in [0.25, 0.3) is 0 Å². The average Bonchev–Trinajstić information content (AvgIpc) is 2.04. The van der Waals surface area contributed by atoms with Crippen LogP contribution in [0.2, 0.25) is 0 Å². The molecule has 0 saturated heterocycles. The smallest absolute Gasteiger partial charge is 0.153 e. The normalized spacial score (nSPS) is 14.8. The third-order valence-electron chi connectivity index (χ3n) is 2.34. The molecule has 1 unspecified atom stereocenters. The van der Waals surface area contributed by atoms with Crippen LogP contribution in [0.5, 0.6) is 0 Å². The van der Waals surface area contributed by atoms with Crippen LogP contribution in [0.15, 0.2) is 0 Å². The zero-order valence-corrected chi connectivity index (χ0v) is 9.98. The van der Waals surface area contributed by atoms with Gasteiger partial charge in [0.2, 0.25) is 0 Å². The van der Waals surface area contributed by atoms with Gasteiger partial charge in [-0.2, -0.15) is 5.26 Å². The lowest BCUT2D eigenvalue weighted by atomic mass is 10.2. The Morgan fingerprint density at radius 2 is 2.00 bits per heavy atom. The van der Waals surface area contributed by atoms with Crippen molar-refractivity contribution < 1.29 is 8.42 Å². The summed E-state index contributed by atoms with van der Waals surface area (Å²) in [5.41, 5.74) is 0. The molecule has 0 aliphatic heterocycles. The van der Waals surface area contributed by atoms with E-state index in [4.69, 9.17) is 5.26 Å². The van der Waals surface area contributed by atoms with Crippen LogP contribution in [-0.2, 0) is 9.84 Å². The largest absolute Gasteiger partial charge is 0.300 e. The van der Waals surface area contributed by atoms with Crippen molar-refractivity contribution in [3.8, 4) is 6.07 Å². The number of hydrogen-bond donors (Lipinski definition) is 1. The Bertz CT molecular complexity index is 314. The number of sulfone groups is 1. The minimum atomic E-state index is -3.09. The Morgan fingerprint density at radius 3 is 2.29 bits per heavy atom. The standard InChI is InChI=1S/C9H18N2O2S/c1-5-8(6-10)11-7-9(2,3)14(4,12)13/h8,11H,5,7H2,1-4H3. The number of nitriles is 1. The maximum Gasteiger partial charge on any atom is 0.153 e. The molecule has 0 amide bonds. The van der Waals surface area contributed by atoms with Crippen LogP contribution in [0.1, 0.15) is 27.2 Å². The van der Waals surface area contributed by atoms with Crippen molar-refractivity contribution in [2.24, 2.45) is 0 Å². The van der Waals surface area contributed by atoms with Gasteiger partial charge in [-0.1, -0.05) is 6.92 Å². The highest BCUT2D eigenvalue weighted by atomic mass is 32.2. The summed E-state index contributed by atoms with van der Waals surface area (Å²) in [6.07, 6.45) is 1.89. The number of nitrogens with zero attached hydrogens (tertiary/aromatic N) is 1. The molecule has 1 atom stereocenters. The Hall–Kier alpha value is -0.600. The summed E-state index contributed by atoms with van der Waals surface area (Å²) < 4.78 is 21.8. The highest BCUT2D eigenvalue weighted by Crippen LogP contribution is 2.13. The molecule has 5 heteroatoms. The highest BCUT2D eigenvalue weighted by molar-refractivity contribution is 7.92. The van der Waals surface area contributed by atoms with Crippen molar-refractivity contribution in [1.29, 1.82) is 5.26 Å². The van der Waals surface area contributed by atoms with Crippen LogP contribution in [0.4, 0.5) is 0 Å². The first-order valence-electron chi connectivity index (χ1n) is 4.57. The van der Waals surface area contributed by atoms with Crippen molar-refractivity contribution in [3.63, 3.8) is 0 Å². The summed E-state index contributed by atoms with van der Waals surface area (Å²) in [4.78, 5) is 0. The first kappa shape index (κ1) is 13.4. The van der Waals surface area contributed by atoms with Gasteiger partial charge in [-0.25, -0.2) is 8.42 Å². The molecule has 14 heavy (non-hydrogen) atoms. The van der Waals surface area contributed by atoms with E-state index in [0.717, 1.165) is 0 Å². The van der Waals surface area contributed by atoms with Gasteiger partial charge in [-0.05, 0) is 20.3 Å². The predicted octanol–water partition coefficient (Wildman–Crippen LogP) is 0.701. The van der Waals surface area contributed by atoms with Gasteiger partial charge in [0.25, 0.3) is 0 Å². The molecule has 0 aromatic rings. The van der Waals surface area contributed by atoms with Gasteiger partial charge in [0, 0.05) is 12.8 Å². The van der Waals surface area contributed by atoms with E-state index in [9.17, 15) is 8.42 Å². The lowest BCUT2D eigenvalue weighted by Crippen LogP contribution is -2.44. The van der Waals surface area contributed by atoms with Crippen molar-refractivity contribution in [1.82, 2.24) is 5.32 Å². The molecule has 82 valence electrons. The van der Waals surface area contributed by atoms with Gasteiger partial charge in [0.15, 0.2) is 9.84 Å². The third kappa shape index (κ3) is 3.64. The van der Waals surface area contributed by atoms with Gasteiger partial charge in [-0.3, -0.25) is 0 Å². The van der Waals surface area contributed by atoms with Gasteiger partial charge in [-0.15, -0.1) is 0 Å². The van der Waals surface area contributed by atoms with E-state index in [1.807, 2.05) is 6.92 Å². The topological polar surface area (TPSA) is 70.0 Å².